The Morgan fingerprint density at radius 1 is 1.21 bits per heavy atom. The number of carbonyl (C=O) groups is 1. The quantitative estimate of drug-likeness (QED) is 0.791. The van der Waals surface area contributed by atoms with Crippen LogP contribution in [0.4, 0.5) is 0 Å². The smallest absolute Gasteiger partial charge is 0.338 e. The molecule has 0 saturated carbocycles. The Hall–Kier alpha value is -2.09. The third kappa shape index (κ3) is 4.25. The van der Waals surface area contributed by atoms with Crippen molar-refractivity contribution in [2.45, 2.75) is 11.5 Å². The van der Waals surface area contributed by atoms with Crippen molar-refractivity contribution < 1.29 is 22.7 Å². The highest BCUT2D eigenvalue weighted by atomic mass is 35.5. The van der Waals surface area contributed by atoms with Gasteiger partial charge < -0.3 is 9.47 Å². The van der Waals surface area contributed by atoms with E-state index in [2.05, 4.69) is 4.72 Å². The molecule has 0 spiro atoms. The van der Waals surface area contributed by atoms with Gasteiger partial charge in [0.15, 0.2) is 0 Å². The zero-order valence-corrected chi connectivity index (χ0v) is 14.6. The maximum Gasteiger partial charge on any atom is 0.338 e. The molecule has 8 heteroatoms. The molecule has 1 N–H and O–H groups in total. The molecule has 0 aliphatic heterocycles. The van der Waals surface area contributed by atoms with Crippen molar-refractivity contribution in [3.05, 3.63) is 58.6 Å². The molecule has 0 bridgehead atoms. The summed E-state index contributed by atoms with van der Waals surface area (Å²) in [7, 11) is -0.960. The van der Waals surface area contributed by atoms with E-state index in [1.807, 2.05) is 0 Å². The van der Waals surface area contributed by atoms with Gasteiger partial charge >= 0.3 is 5.97 Å². The van der Waals surface area contributed by atoms with Crippen LogP contribution < -0.4 is 9.46 Å². The van der Waals surface area contributed by atoms with Gasteiger partial charge in [-0.2, -0.15) is 0 Å². The number of hydrogen-bond acceptors (Lipinski definition) is 5. The van der Waals surface area contributed by atoms with Gasteiger partial charge in [-0.05, 0) is 42.9 Å². The Kier molecular flexibility index (Phi) is 5.82. The SMILES string of the molecule is CNS(=O)(=O)c1cc(C(=O)OCc2cccc(OC)c2)ccc1Cl. The van der Waals surface area contributed by atoms with Gasteiger partial charge in [0.1, 0.15) is 17.3 Å². The van der Waals surface area contributed by atoms with E-state index in [0.29, 0.717) is 5.75 Å². The van der Waals surface area contributed by atoms with Crippen LogP contribution in [0.25, 0.3) is 0 Å². The summed E-state index contributed by atoms with van der Waals surface area (Å²) in [6.07, 6.45) is 0. The lowest BCUT2D eigenvalue weighted by atomic mass is 10.2. The minimum absolute atomic E-state index is 0.0219. The standard InChI is InChI=1S/C16H16ClNO5S/c1-18-24(20,21)15-9-12(6-7-14(15)17)16(19)23-10-11-4-3-5-13(8-11)22-2/h3-9,18H,10H2,1-2H3. The molecule has 0 radical (unpaired) electrons. The highest BCUT2D eigenvalue weighted by Crippen LogP contribution is 2.23. The third-order valence-corrected chi connectivity index (χ3v) is 5.13. The normalized spacial score (nSPS) is 11.1. The van der Waals surface area contributed by atoms with Crippen LogP contribution in [0.15, 0.2) is 47.4 Å². The summed E-state index contributed by atoms with van der Waals surface area (Å²) in [6, 6.07) is 11.0. The fourth-order valence-corrected chi connectivity index (χ4v) is 3.19. The first-order chi connectivity index (χ1) is 11.4. The minimum atomic E-state index is -3.77. The molecule has 0 aliphatic rings. The third-order valence-electron chi connectivity index (χ3n) is 3.23. The van der Waals surface area contributed by atoms with E-state index >= 15 is 0 Å². The summed E-state index contributed by atoms with van der Waals surface area (Å²) in [5.41, 5.74) is 0.843. The first-order valence-electron chi connectivity index (χ1n) is 6.90. The van der Waals surface area contributed by atoms with E-state index in [4.69, 9.17) is 21.1 Å². The molecule has 2 rings (SSSR count). The zero-order chi connectivity index (χ0) is 17.7. The maximum absolute atomic E-state index is 12.1. The Labute approximate surface area is 145 Å². The van der Waals surface area contributed by atoms with E-state index in [9.17, 15) is 13.2 Å². The predicted molar refractivity (Wildman–Crippen MR) is 89.8 cm³/mol. The molecule has 0 unspecified atom stereocenters. The lowest BCUT2D eigenvalue weighted by Crippen LogP contribution is -2.19. The molecule has 0 aliphatic carbocycles. The second kappa shape index (κ2) is 7.65. The summed E-state index contributed by atoms with van der Waals surface area (Å²) in [5, 5.41) is 0.0219. The van der Waals surface area contributed by atoms with Gasteiger partial charge in [0, 0.05) is 0 Å². The van der Waals surface area contributed by atoms with Gasteiger partial charge in [0.05, 0.1) is 17.7 Å². The number of benzene rings is 2. The fourth-order valence-electron chi connectivity index (χ4n) is 1.94. The van der Waals surface area contributed by atoms with E-state index in [0.717, 1.165) is 5.56 Å². The van der Waals surface area contributed by atoms with Gasteiger partial charge in [0.2, 0.25) is 10.0 Å². The van der Waals surface area contributed by atoms with E-state index in [1.54, 1.807) is 31.4 Å². The summed E-state index contributed by atoms with van der Waals surface area (Å²) in [5.74, 6) is -0.000480. The second-order valence-corrected chi connectivity index (χ2v) is 7.04. The summed E-state index contributed by atoms with van der Waals surface area (Å²) in [4.78, 5) is 12.0. The van der Waals surface area contributed by atoms with Gasteiger partial charge in [-0.1, -0.05) is 23.7 Å². The lowest BCUT2D eigenvalue weighted by Gasteiger charge is -2.09. The Balaban J connectivity index is 2.17. The Bertz CT molecular complexity index is 851. The van der Waals surface area contributed by atoms with Crippen molar-refractivity contribution in [2.24, 2.45) is 0 Å². The van der Waals surface area contributed by atoms with Gasteiger partial charge in [0.25, 0.3) is 0 Å². The van der Waals surface area contributed by atoms with Crippen LogP contribution in [0.2, 0.25) is 5.02 Å². The molecule has 0 amide bonds. The van der Waals surface area contributed by atoms with E-state index in [-0.39, 0.29) is 22.1 Å². The van der Waals surface area contributed by atoms with Gasteiger partial charge in [-0.3, -0.25) is 0 Å². The van der Waals surface area contributed by atoms with E-state index in [1.165, 1.54) is 25.2 Å². The summed E-state index contributed by atoms with van der Waals surface area (Å²) >= 11 is 5.89. The van der Waals surface area contributed by atoms with Crippen LogP contribution in [0, 0.1) is 0 Å². The second-order valence-electron chi connectivity index (χ2n) is 4.78. The van der Waals surface area contributed by atoms with Crippen LogP contribution in [-0.4, -0.2) is 28.5 Å². The van der Waals surface area contributed by atoms with Crippen molar-refractivity contribution >= 4 is 27.6 Å². The lowest BCUT2D eigenvalue weighted by molar-refractivity contribution is 0.0472. The zero-order valence-electron chi connectivity index (χ0n) is 13.1. The molecule has 2 aromatic rings. The van der Waals surface area contributed by atoms with Crippen molar-refractivity contribution in [3.8, 4) is 5.75 Å². The average Bonchev–Trinajstić information content (AvgIpc) is 2.60. The average molecular weight is 370 g/mol. The van der Waals surface area contributed by atoms with Crippen LogP contribution in [0.5, 0.6) is 5.75 Å². The molecule has 0 heterocycles. The minimum Gasteiger partial charge on any atom is -0.497 e. The van der Waals surface area contributed by atoms with E-state index < -0.39 is 16.0 Å². The van der Waals surface area contributed by atoms with Crippen LogP contribution in [0.1, 0.15) is 15.9 Å². The molecule has 2 aromatic carbocycles. The van der Waals surface area contributed by atoms with Crippen LogP contribution in [-0.2, 0) is 21.4 Å². The van der Waals surface area contributed by atoms with Crippen molar-refractivity contribution in [2.75, 3.05) is 14.2 Å². The van der Waals surface area contributed by atoms with Crippen LogP contribution >= 0.6 is 11.6 Å². The van der Waals surface area contributed by atoms with Crippen molar-refractivity contribution in [3.63, 3.8) is 0 Å². The number of carbonyl (C=O) groups excluding carboxylic acids is 1. The number of ether oxygens (including phenoxy) is 2. The first kappa shape index (κ1) is 18.3. The maximum atomic E-state index is 12.1. The number of rotatable bonds is 6. The number of methoxy groups -OCH3 is 1. The molecule has 128 valence electrons. The number of esters is 1. The molecule has 6 nitrogen and oxygen atoms in total. The van der Waals surface area contributed by atoms with Crippen LogP contribution in [0.3, 0.4) is 0 Å². The number of nitrogens with one attached hydrogen (secondary N) is 1. The topological polar surface area (TPSA) is 81.7 Å². The molecular weight excluding hydrogens is 354 g/mol. The first-order valence-corrected chi connectivity index (χ1v) is 8.76. The summed E-state index contributed by atoms with van der Waals surface area (Å²) in [6.45, 7) is 0.0345. The largest absolute Gasteiger partial charge is 0.497 e. The van der Waals surface area contributed by atoms with Crippen molar-refractivity contribution in [1.82, 2.24) is 4.72 Å². The number of sulfonamides is 1. The molecule has 0 saturated heterocycles. The Morgan fingerprint density at radius 2 is 1.96 bits per heavy atom. The molecule has 0 atom stereocenters. The Morgan fingerprint density at radius 3 is 2.62 bits per heavy atom. The molecular formula is C16H16ClNO5S. The monoisotopic (exact) mass is 369 g/mol. The molecule has 24 heavy (non-hydrogen) atoms. The van der Waals surface area contributed by atoms with Crippen molar-refractivity contribution in [1.29, 1.82) is 0 Å². The number of hydrogen-bond donors (Lipinski definition) is 1. The summed E-state index contributed by atoms with van der Waals surface area (Å²) < 4.78 is 36.2. The van der Waals surface area contributed by atoms with Gasteiger partial charge in [-0.15, -0.1) is 0 Å². The fraction of sp³-hybridized carbons (Fsp3) is 0.188. The highest BCUT2D eigenvalue weighted by Gasteiger charge is 2.19. The van der Waals surface area contributed by atoms with Gasteiger partial charge in [-0.25, -0.2) is 17.9 Å². The molecule has 0 aromatic heterocycles. The molecule has 0 fully saturated rings. The predicted octanol–water partition coefficient (Wildman–Crippen LogP) is 2.61. The highest BCUT2D eigenvalue weighted by molar-refractivity contribution is 7.89. The number of halogens is 1.